The molecule has 0 bridgehead atoms. The Bertz CT molecular complexity index is 567. The van der Waals surface area contributed by atoms with Gasteiger partial charge in [-0.1, -0.05) is 26.0 Å². The van der Waals surface area contributed by atoms with E-state index in [4.69, 9.17) is 9.15 Å². The number of carbonyl (C=O) groups excluding carboxylic acids is 1. The first-order chi connectivity index (χ1) is 9.10. The van der Waals surface area contributed by atoms with E-state index in [1.165, 1.54) is 5.56 Å². The summed E-state index contributed by atoms with van der Waals surface area (Å²) in [5.41, 5.74) is 2.33. The monoisotopic (exact) mass is 258 g/mol. The van der Waals surface area contributed by atoms with Crippen LogP contribution in [0, 0.1) is 6.92 Å². The molecule has 19 heavy (non-hydrogen) atoms. The zero-order valence-electron chi connectivity index (χ0n) is 11.5. The summed E-state index contributed by atoms with van der Waals surface area (Å²) in [6.45, 7) is 6.64. The van der Waals surface area contributed by atoms with Gasteiger partial charge in [0.1, 0.15) is 18.1 Å². The molecule has 0 unspecified atom stereocenters. The number of hydrogen-bond donors (Lipinski definition) is 0. The lowest BCUT2D eigenvalue weighted by atomic mass is 10.0. The molecule has 0 saturated carbocycles. The van der Waals surface area contributed by atoms with Gasteiger partial charge in [0.15, 0.2) is 12.0 Å². The van der Waals surface area contributed by atoms with Gasteiger partial charge in [-0.15, -0.1) is 0 Å². The Labute approximate surface area is 113 Å². The summed E-state index contributed by atoms with van der Waals surface area (Å²) in [5.74, 6) is 2.30. The first kappa shape index (κ1) is 13.4. The molecule has 0 radical (unpaired) electrons. The van der Waals surface area contributed by atoms with Gasteiger partial charge in [-0.2, -0.15) is 0 Å². The third-order valence-electron chi connectivity index (χ3n) is 3.05. The van der Waals surface area contributed by atoms with Crippen molar-refractivity contribution < 1.29 is 13.9 Å². The van der Waals surface area contributed by atoms with Gasteiger partial charge in [-0.25, -0.2) is 0 Å². The van der Waals surface area contributed by atoms with Crippen LogP contribution in [0.25, 0.3) is 0 Å². The summed E-state index contributed by atoms with van der Waals surface area (Å²) >= 11 is 0. The van der Waals surface area contributed by atoms with E-state index in [2.05, 4.69) is 32.0 Å². The average Bonchev–Trinajstić information content (AvgIpc) is 2.85. The number of furan rings is 1. The molecule has 1 heterocycles. The minimum absolute atomic E-state index is 0.325. The molecule has 0 aliphatic carbocycles. The maximum atomic E-state index is 10.5. The molecule has 0 spiro atoms. The Balaban J connectivity index is 2.10. The second-order valence-corrected chi connectivity index (χ2v) is 4.89. The van der Waals surface area contributed by atoms with Crippen LogP contribution in [-0.2, 0) is 6.61 Å². The lowest BCUT2D eigenvalue weighted by Gasteiger charge is -2.12. The molecule has 100 valence electrons. The summed E-state index contributed by atoms with van der Waals surface area (Å²) < 4.78 is 11.0. The molecule has 0 aliphatic heterocycles. The van der Waals surface area contributed by atoms with E-state index in [-0.39, 0.29) is 0 Å². The van der Waals surface area contributed by atoms with E-state index < -0.39 is 0 Å². The van der Waals surface area contributed by atoms with E-state index >= 15 is 0 Å². The SMILES string of the molecule is Cc1ccc(C(C)C)cc1OCc1ccc(C=O)o1. The van der Waals surface area contributed by atoms with Crippen LogP contribution in [0.5, 0.6) is 5.75 Å². The highest BCUT2D eigenvalue weighted by molar-refractivity contribution is 5.70. The van der Waals surface area contributed by atoms with Gasteiger partial charge in [0.2, 0.25) is 0 Å². The molecular weight excluding hydrogens is 240 g/mol. The first-order valence-electron chi connectivity index (χ1n) is 6.37. The Morgan fingerprint density at radius 3 is 2.68 bits per heavy atom. The second-order valence-electron chi connectivity index (χ2n) is 4.89. The number of aldehydes is 1. The predicted molar refractivity (Wildman–Crippen MR) is 73.7 cm³/mol. The highest BCUT2D eigenvalue weighted by Crippen LogP contribution is 2.25. The van der Waals surface area contributed by atoms with E-state index in [1.807, 2.05) is 6.92 Å². The maximum Gasteiger partial charge on any atom is 0.185 e. The largest absolute Gasteiger partial charge is 0.485 e. The molecule has 0 fully saturated rings. The fraction of sp³-hybridized carbons (Fsp3) is 0.312. The van der Waals surface area contributed by atoms with Gasteiger partial charge in [0, 0.05) is 0 Å². The van der Waals surface area contributed by atoms with Crippen molar-refractivity contribution in [1.82, 2.24) is 0 Å². The van der Waals surface area contributed by atoms with Gasteiger partial charge < -0.3 is 9.15 Å². The number of carbonyl (C=O) groups is 1. The second kappa shape index (κ2) is 5.74. The summed E-state index contributed by atoms with van der Waals surface area (Å²) in [6.07, 6.45) is 0.689. The van der Waals surface area contributed by atoms with Crippen LogP contribution < -0.4 is 4.74 Å². The first-order valence-corrected chi connectivity index (χ1v) is 6.37. The smallest absolute Gasteiger partial charge is 0.185 e. The lowest BCUT2D eigenvalue weighted by molar-refractivity contribution is 0.109. The fourth-order valence-electron chi connectivity index (χ4n) is 1.82. The number of rotatable bonds is 5. The van der Waals surface area contributed by atoms with Crippen molar-refractivity contribution in [3.8, 4) is 5.75 Å². The zero-order valence-corrected chi connectivity index (χ0v) is 11.5. The zero-order chi connectivity index (χ0) is 13.8. The van der Waals surface area contributed by atoms with Crippen molar-refractivity contribution in [1.29, 1.82) is 0 Å². The molecule has 0 N–H and O–H groups in total. The van der Waals surface area contributed by atoms with Gasteiger partial charge >= 0.3 is 0 Å². The van der Waals surface area contributed by atoms with Crippen molar-refractivity contribution in [2.75, 3.05) is 0 Å². The molecule has 1 aromatic carbocycles. The minimum Gasteiger partial charge on any atom is -0.485 e. The number of aryl methyl sites for hydroxylation is 1. The molecule has 2 aromatic rings. The minimum atomic E-state index is 0.325. The van der Waals surface area contributed by atoms with Crippen molar-refractivity contribution >= 4 is 6.29 Å². The Morgan fingerprint density at radius 1 is 1.26 bits per heavy atom. The van der Waals surface area contributed by atoms with Gasteiger partial charge in [0.05, 0.1) is 0 Å². The van der Waals surface area contributed by atoms with Crippen LogP contribution in [0.15, 0.2) is 34.7 Å². The molecule has 0 atom stereocenters. The summed E-state index contributed by atoms with van der Waals surface area (Å²) in [4.78, 5) is 10.5. The average molecular weight is 258 g/mol. The van der Waals surface area contributed by atoms with Gasteiger partial charge in [0.25, 0.3) is 0 Å². The van der Waals surface area contributed by atoms with E-state index in [1.54, 1.807) is 12.1 Å². The summed E-state index contributed by atoms with van der Waals surface area (Å²) in [5, 5.41) is 0. The van der Waals surface area contributed by atoms with Crippen molar-refractivity contribution in [3.63, 3.8) is 0 Å². The lowest BCUT2D eigenvalue weighted by Crippen LogP contribution is -1.97. The van der Waals surface area contributed by atoms with E-state index in [9.17, 15) is 4.79 Å². The maximum absolute atomic E-state index is 10.5. The van der Waals surface area contributed by atoms with Crippen LogP contribution in [0.1, 0.15) is 47.2 Å². The van der Waals surface area contributed by atoms with Crippen LogP contribution >= 0.6 is 0 Å². The number of benzene rings is 1. The van der Waals surface area contributed by atoms with Gasteiger partial charge in [-0.3, -0.25) is 4.79 Å². The van der Waals surface area contributed by atoms with E-state index in [0.29, 0.717) is 30.3 Å². The Kier molecular flexibility index (Phi) is 4.05. The molecule has 3 heteroatoms. The molecule has 2 rings (SSSR count). The third kappa shape index (κ3) is 3.25. The number of ether oxygens (including phenoxy) is 1. The van der Waals surface area contributed by atoms with Crippen LogP contribution in [0.4, 0.5) is 0 Å². The quantitative estimate of drug-likeness (QED) is 0.758. The summed E-state index contributed by atoms with van der Waals surface area (Å²) in [6, 6.07) is 9.63. The normalized spacial score (nSPS) is 10.7. The topological polar surface area (TPSA) is 39.4 Å². The molecule has 0 aliphatic rings. The van der Waals surface area contributed by atoms with Crippen LogP contribution in [0.2, 0.25) is 0 Å². The molecule has 0 saturated heterocycles. The Hall–Kier alpha value is -2.03. The number of hydrogen-bond acceptors (Lipinski definition) is 3. The molecular formula is C16H18O3. The predicted octanol–water partition coefficient (Wildman–Crippen LogP) is 4.10. The van der Waals surface area contributed by atoms with Crippen molar-refractivity contribution in [2.45, 2.75) is 33.3 Å². The molecule has 0 amide bonds. The highest BCUT2D eigenvalue weighted by Gasteiger charge is 2.07. The van der Waals surface area contributed by atoms with Gasteiger partial charge in [-0.05, 0) is 42.2 Å². The van der Waals surface area contributed by atoms with Crippen LogP contribution in [0.3, 0.4) is 0 Å². The Morgan fingerprint density at radius 2 is 2.05 bits per heavy atom. The van der Waals surface area contributed by atoms with E-state index in [0.717, 1.165) is 11.3 Å². The molecule has 3 nitrogen and oxygen atoms in total. The van der Waals surface area contributed by atoms with Crippen molar-refractivity contribution in [3.05, 3.63) is 53.0 Å². The van der Waals surface area contributed by atoms with Crippen molar-refractivity contribution in [2.24, 2.45) is 0 Å². The standard InChI is InChI=1S/C16H18O3/c1-11(2)13-5-4-12(3)16(8-13)18-10-15-7-6-14(9-17)19-15/h4-9,11H,10H2,1-3H3. The van der Waals surface area contributed by atoms with Crippen LogP contribution in [-0.4, -0.2) is 6.29 Å². The summed E-state index contributed by atoms with van der Waals surface area (Å²) in [7, 11) is 0. The third-order valence-corrected chi connectivity index (χ3v) is 3.05. The highest BCUT2D eigenvalue weighted by atomic mass is 16.5. The molecule has 1 aromatic heterocycles. The fourth-order valence-corrected chi connectivity index (χ4v) is 1.82.